The normalized spacial score (nSPS) is 11.6. The number of methoxy groups -OCH3 is 1. The largest absolute Gasteiger partial charge is 0.475 e. The van der Waals surface area contributed by atoms with Gasteiger partial charge in [0.15, 0.2) is 0 Å². The predicted molar refractivity (Wildman–Crippen MR) is 69.3 cm³/mol. The second-order valence-electron chi connectivity index (χ2n) is 3.92. The molecular weight excluding hydrogens is 256 g/mol. The van der Waals surface area contributed by atoms with Crippen molar-refractivity contribution in [1.29, 1.82) is 0 Å². The van der Waals surface area contributed by atoms with Crippen LogP contribution in [0.2, 0.25) is 0 Å². The molecule has 1 rings (SSSR count). The number of nitrogens with one attached hydrogen (secondary N) is 1. The van der Waals surface area contributed by atoms with Crippen molar-refractivity contribution in [2.24, 2.45) is 0 Å². The van der Waals surface area contributed by atoms with Crippen molar-refractivity contribution in [3.63, 3.8) is 0 Å². The van der Waals surface area contributed by atoms with Crippen LogP contribution in [0.25, 0.3) is 0 Å². The van der Waals surface area contributed by atoms with Crippen molar-refractivity contribution >= 4 is 15.7 Å². The van der Waals surface area contributed by atoms with Crippen LogP contribution in [-0.4, -0.2) is 39.0 Å². The molecule has 0 saturated carbocycles. The van der Waals surface area contributed by atoms with Crippen LogP contribution in [0.1, 0.15) is 13.8 Å². The average molecular weight is 274 g/mol. The summed E-state index contributed by atoms with van der Waals surface area (Å²) >= 11 is 0. The molecule has 0 unspecified atom stereocenters. The monoisotopic (exact) mass is 274 g/mol. The molecule has 0 aliphatic heterocycles. The van der Waals surface area contributed by atoms with Crippen LogP contribution in [-0.2, 0) is 14.8 Å². The summed E-state index contributed by atoms with van der Waals surface area (Å²) < 4.78 is 35.8. The van der Waals surface area contributed by atoms with E-state index in [4.69, 9.17) is 9.47 Å². The van der Waals surface area contributed by atoms with Crippen molar-refractivity contribution in [1.82, 2.24) is 4.98 Å². The second kappa shape index (κ2) is 6.55. The topological polar surface area (TPSA) is 77.5 Å². The molecule has 6 nitrogen and oxygen atoms in total. The number of ether oxygens (including phenoxy) is 2. The zero-order chi connectivity index (χ0) is 13.6. The van der Waals surface area contributed by atoms with Gasteiger partial charge in [0.1, 0.15) is 6.61 Å². The van der Waals surface area contributed by atoms with Crippen molar-refractivity contribution < 1.29 is 17.9 Å². The highest BCUT2D eigenvalue weighted by Crippen LogP contribution is 2.14. The van der Waals surface area contributed by atoms with E-state index < -0.39 is 15.3 Å². The van der Waals surface area contributed by atoms with Crippen molar-refractivity contribution in [3.05, 3.63) is 18.3 Å². The molecule has 7 heteroatoms. The van der Waals surface area contributed by atoms with Gasteiger partial charge in [0, 0.05) is 13.2 Å². The maximum absolute atomic E-state index is 11.6. The molecule has 1 heterocycles. The summed E-state index contributed by atoms with van der Waals surface area (Å²) in [4.78, 5) is 3.99. The summed E-state index contributed by atoms with van der Waals surface area (Å²) in [5, 5.41) is -0.491. The Morgan fingerprint density at radius 1 is 1.33 bits per heavy atom. The Morgan fingerprint density at radius 3 is 2.56 bits per heavy atom. The highest BCUT2D eigenvalue weighted by Gasteiger charge is 2.15. The molecule has 1 N–H and O–H groups in total. The van der Waals surface area contributed by atoms with Gasteiger partial charge in [0.05, 0.1) is 23.7 Å². The Balaban J connectivity index is 2.61. The molecule has 0 aliphatic rings. The zero-order valence-electron chi connectivity index (χ0n) is 10.7. The van der Waals surface area contributed by atoms with Crippen LogP contribution in [0, 0.1) is 0 Å². The van der Waals surface area contributed by atoms with E-state index in [0.29, 0.717) is 24.8 Å². The summed E-state index contributed by atoms with van der Waals surface area (Å²) in [7, 11) is -1.75. The molecule has 0 saturated heterocycles. The van der Waals surface area contributed by atoms with Crippen LogP contribution < -0.4 is 9.46 Å². The summed E-state index contributed by atoms with van der Waals surface area (Å²) in [5.74, 6) is 0.430. The second-order valence-corrected chi connectivity index (χ2v) is 6.16. The van der Waals surface area contributed by atoms with E-state index in [2.05, 4.69) is 9.71 Å². The van der Waals surface area contributed by atoms with Crippen LogP contribution in [0.4, 0.5) is 5.69 Å². The molecule has 0 bridgehead atoms. The van der Waals surface area contributed by atoms with E-state index in [1.807, 2.05) is 0 Å². The highest BCUT2D eigenvalue weighted by molar-refractivity contribution is 7.93. The number of hydrogen-bond acceptors (Lipinski definition) is 5. The smallest absolute Gasteiger partial charge is 0.235 e. The molecule has 0 radical (unpaired) electrons. The third-order valence-electron chi connectivity index (χ3n) is 2.15. The first-order valence-corrected chi connectivity index (χ1v) is 7.10. The van der Waals surface area contributed by atoms with E-state index >= 15 is 0 Å². The lowest BCUT2D eigenvalue weighted by Gasteiger charge is -2.10. The molecule has 1 aromatic rings. The first kappa shape index (κ1) is 14.7. The molecule has 102 valence electrons. The maximum atomic E-state index is 11.6. The lowest BCUT2D eigenvalue weighted by atomic mass is 10.4. The quantitative estimate of drug-likeness (QED) is 0.757. The zero-order valence-corrected chi connectivity index (χ0v) is 11.5. The van der Waals surface area contributed by atoms with Gasteiger partial charge in [-0.15, -0.1) is 0 Å². The number of hydrogen-bond donors (Lipinski definition) is 1. The molecule has 0 atom stereocenters. The Hall–Kier alpha value is -1.34. The third-order valence-corrected chi connectivity index (χ3v) is 3.92. The molecule has 0 spiro atoms. The minimum atomic E-state index is -3.34. The molecule has 1 aromatic heterocycles. The third kappa shape index (κ3) is 4.50. The molecule has 0 aromatic carbocycles. The fourth-order valence-electron chi connectivity index (χ4n) is 1.04. The van der Waals surface area contributed by atoms with E-state index in [0.717, 1.165) is 0 Å². The summed E-state index contributed by atoms with van der Waals surface area (Å²) in [6.45, 7) is 4.10. The van der Waals surface area contributed by atoms with E-state index in [-0.39, 0.29) is 0 Å². The van der Waals surface area contributed by atoms with Crippen LogP contribution >= 0.6 is 0 Å². The first-order valence-electron chi connectivity index (χ1n) is 5.55. The van der Waals surface area contributed by atoms with Gasteiger partial charge in [-0.05, 0) is 19.9 Å². The fourth-order valence-corrected chi connectivity index (χ4v) is 1.72. The Bertz CT molecular complexity index is 456. The number of rotatable bonds is 7. The lowest BCUT2D eigenvalue weighted by molar-refractivity contribution is 0.144. The minimum Gasteiger partial charge on any atom is -0.475 e. The molecule has 18 heavy (non-hydrogen) atoms. The first-order chi connectivity index (χ1) is 8.45. The highest BCUT2D eigenvalue weighted by atomic mass is 32.2. The summed E-state index contributed by atoms with van der Waals surface area (Å²) in [6, 6.07) is 3.21. The van der Waals surface area contributed by atoms with E-state index in [1.54, 1.807) is 33.1 Å². The number of aromatic nitrogens is 1. The average Bonchev–Trinajstić information content (AvgIpc) is 2.31. The minimum absolute atomic E-state index is 0.403. The number of pyridine rings is 1. The van der Waals surface area contributed by atoms with Gasteiger partial charge < -0.3 is 9.47 Å². The Morgan fingerprint density at radius 2 is 2.06 bits per heavy atom. The van der Waals surface area contributed by atoms with Gasteiger partial charge in [0.2, 0.25) is 15.9 Å². The van der Waals surface area contributed by atoms with Crippen molar-refractivity contribution in [2.45, 2.75) is 19.1 Å². The van der Waals surface area contributed by atoms with Crippen molar-refractivity contribution in [3.8, 4) is 5.88 Å². The van der Waals surface area contributed by atoms with Crippen LogP contribution in [0.3, 0.4) is 0 Å². The summed E-state index contributed by atoms with van der Waals surface area (Å²) in [6.07, 6.45) is 1.42. The SMILES string of the molecule is COCCOc1ccc(NS(=O)(=O)C(C)C)cn1. The number of nitrogens with zero attached hydrogens (tertiary/aromatic N) is 1. The molecule has 0 aliphatic carbocycles. The van der Waals surface area contributed by atoms with E-state index in [1.165, 1.54) is 6.20 Å². The fraction of sp³-hybridized carbons (Fsp3) is 0.545. The maximum Gasteiger partial charge on any atom is 0.235 e. The van der Waals surface area contributed by atoms with Crippen LogP contribution in [0.5, 0.6) is 5.88 Å². The van der Waals surface area contributed by atoms with Gasteiger partial charge in [-0.25, -0.2) is 13.4 Å². The number of anilines is 1. The van der Waals surface area contributed by atoms with Crippen molar-refractivity contribution in [2.75, 3.05) is 25.0 Å². The van der Waals surface area contributed by atoms with E-state index in [9.17, 15) is 8.42 Å². The van der Waals surface area contributed by atoms with Gasteiger partial charge in [-0.2, -0.15) is 0 Å². The molecular formula is C11H18N2O4S. The Kier molecular flexibility index (Phi) is 5.36. The number of sulfonamides is 1. The van der Waals surface area contributed by atoms with Gasteiger partial charge >= 0.3 is 0 Å². The predicted octanol–water partition coefficient (Wildman–Crippen LogP) is 1.26. The standard InChI is InChI=1S/C11H18N2O4S/c1-9(2)18(14,15)13-10-4-5-11(12-8-10)17-7-6-16-3/h4-5,8-9,13H,6-7H2,1-3H3. The Labute approximate surface area is 107 Å². The summed E-state index contributed by atoms with van der Waals surface area (Å²) in [5.41, 5.74) is 0.419. The van der Waals surface area contributed by atoms with Gasteiger partial charge in [-0.3, -0.25) is 4.72 Å². The molecule has 0 amide bonds. The lowest BCUT2D eigenvalue weighted by Crippen LogP contribution is -2.22. The van der Waals surface area contributed by atoms with Gasteiger partial charge in [-0.1, -0.05) is 0 Å². The van der Waals surface area contributed by atoms with Gasteiger partial charge in [0.25, 0.3) is 0 Å². The molecule has 0 fully saturated rings. The van der Waals surface area contributed by atoms with Crippen LogP contribution in [0.15, 0.2) is 18.3 Å².